The van der Waals surface area contributed by atoms with E-state index in [2.05, 4.69) is 0 Å². The summed E-state index contributed by atoms with van der Waals surface area (Å²) in [6.07, 6.45) is 1.47. The van der Waals surface area contributed by atoms with Gasteiger partial charge in [0.25, 0.3) is 5.91 Å². The number of benzene rings is 1. The molecule has 7 nitrogen and oxygen atoms in total. The maximum absolute atomic E-state index is 13.6. The summed E-state index contributed by atoms with van der Waals surface area (Å²) in [5.74, 6) is -2.77. The zero-order chi connectivity index (χ0) is 20.1. The van der Waals surface area contributed by atoms with E-state index in [0.717, 1.165) is 4.90 Å². The Morgan fingerprint density at radius 1 is 1.21 bits per heavy atom. The molecule has 146 valence electrons. The summed E-state index contributed by atoms with van der Waals surface area (Å²) in [6.45, 7) is 3.43. The molecule has 1 aromatic carbocycles. The number of rotatable bonds is 3. The number of amides is 2. The van der Waals surface area contributed by atoms with E-state index < -0.39 is 29.3 Å². The minimum atomic E-state index is -1.77. The number of allylic oxidation sites excluding steroid dienone is 1. The molecule has 0 fully saturated rings. The third-order valence-corrected chi connectivity index (χ3v) is 5.53. The fourth-order valence-corrected chi connectivity index (χ4v) is 4.38. The van der Waals surface area contributed by atoms with E-state index in [4.69, 9.17) is 9.47 Å². The zero-order valence-corrected chi connectivity index (χ0v) is 15.8. The van der Waals surface area contributed by atoms with Crippen molar-refractivity contribution in [1.29, 1.82) is 0 Å². The molecule has 2 atom stereocenters. The first-order valence-electron chi connectivity index (χ1n) is 9.56. The first kappa shape index (κ1) is 18.4. The van der Waals surface area contributed by atoms with E-state index in [-0.39, 0.29) is 24.4 Å². The summed E-state index contributed by atoms with van der Waals surface area (Å²) in [7, 11) is 0. The summed E-state index contributed by atoms with van der Waals surface area (Å²) in [5, 5.41) is 0. The predicted molar refractivity (Wildman–Crippen MR) is 98.0 cm³/mol. The van der Waals surface area contributed by atoms with Gasteiger partial charge in [0.15, 0.2) is 5.78 Å². The molecule has 28 heavy (non-hydrogen) atoms. The van der Waals surface area contributed by atoms with Crippen LogP contribution in [0, 0.1) is 5.92 Å². The van der Waals surface area contributed by atoms with Crippen molar-refractivity contribution in [1.82, 2.24) is 0 Å². The molecule has 1 aliphatic carbocycles. The highest BCUT2D eigenvalue weighted by atomic mass is 16.5. The zero-order valence-electron chi connectivity index (χ0n) is 15.8. The van der Waals surface area contributed by atoms with Crippen molar-refractivity contribution in [3.8, 4) is 0 Å². The van der Waals surface area contributed by atoms with Gasteiger partial charge in [-0.3, -0.25) is 19.2 Å². The average molecular weight is 383 g/mol. The van der Waals surface area contributed by atoms with Crippen LogP contribution in [0.15, 0.2) is 35.6 Å². The largest absolute Gasteiger partial charge is 0.475 e. The minimum absolute atomic E-state index is 0.107. The number of imide groups is 1. The lowest BCUT2D eigenvalue weighted by Gasteiger charge is -2.29. The van der Waals surface area contributed by atoms with Crippen LogP contribution in [0.25, 0.3) is 0 Å². The van der Waals surface area contributed by atoms with Crippen molar-refractivity contribution in [2.75, 3.05) is 11.5 Å². The maximum Gasteiger partial charge on any atom is 0.318 e. The van der Waals surface area contributed by atoms with Crippen molar-refractivity contribution in [3.05, 3.63) is 41.2 Å². The second-order valence-corrected chi connectivity index (χ2v) is 7.04. The molecule has 0 saturated heterocycles. The van der Waals surface area contributed by atoms with Crippen LogP contribution in [0.1, 0.15) is 45.1 Å². The number of carbonyl (C=O) groups excluding carboxylic acids is 4. The Labute approximate surface area is 162 Å². The molecule has 1 aromatic rings. The molecule has 0 N–H and O–H groups in total. The summed E-state index contributed by atoms with van der Waals surface area (Å²) < 4.78 is 11.4. The lowest BCUT2D eigenvalue weighted by Crippen LogP contribution is -2.50. The Hall–Kier alpha value is -2.96. The van der Waals surface area contributed by atoms with Crippen molar-refractivity contribution in [2.45, 2.75) is 45.1 Å². The Morgan fingerprint density at radius 3 is 2.68 bits per heavy atom. The summed E-state index contributed by atoms with van der Waals surface area (Å²) >= 11 is 0. The molecule has 2 amide bonds. The Kier molecular flexibility index (Phi) is 4.33. The standard InChI is InChI=1S/C21H21NO6/c1-3-16(24)22-13-9-6-5-8-12(13)21(20(22)26)18(19(25)27-4-2)17-14(23)10-7-11-15(17)28-21/h5-6,8-9,18H,3-4,7,10-11H2,1-2H3. The van der Waals surface area contributed by atoms with Crippen LogP contribution in [0.3, 0.4) is 0 Å². The lowest BCUT2D eigenvalue weighted by molar-refractivity contribution is -0.161. The number of esters is 1. The minimum Gasteiger partial charge on any atom is -0.475 e. The van der Waals surface area contributed by atoms with Crippen molar-refractivity contribution in [2.24, 2.45) is 5.92 Å². The molecule has 2 heterocycles. The molecule has 3 aliphatic rings. The molecule has 2 aliphatic heterocycles. The van der Waals surface area contributed by atoms with Gasteiger partial charge in [0.05, 0.1) is 17.9 Å². The van der Waals surface area contributed by atoms with E-state index in [0.29, 0.717) is 36.3 Å². The molecular weight excluding hydrogens is 362 g/mol. The van der Waals surface area contributed by atoms with E-state index in [1.165, 1.54) is 0 Å². The van der Waals surface area contributed by atoms with Crippen LogP contribution in [-0.4, -0.2) is 30.2 Å². The van der Waals surface area contributed by atoms with Gasteiger partial charge >= 0.3 is 5.97 Å². The summed E-state index contributed by atoms with van der Waals surface area (Å²) in [4.78, 5) is 52.9. The smallest absolute Gasteiger partial charge is 0.318 e. The van der Waals surface area contributed by atoms with Gasteiger partial charge in [0.2, 0.25) is 11.5 Å². The fraction of sp³-hybridized carbons (Fsp3) is 0.429. The number of nitrogens with zero attached hydrogens (tertiary/aromatic N) is 1. The molecule has 1 spiro atoms. The second-order valence-electron chi connectivity index (χ2n) is 7.04. The lowest BCUT2D eigenvalue weighted by atomic mass is 9.76. The number of carbonyl (C=O) groups is 4. The van der Waals surface area contributed by atoms with E-state index in [1.807, 2.05) is 0 Å². The van der Waals surface area contributed by atoms with Gasteiger partial charge in [0.1, 0.15) is 11.7 Å². The van der Waals surface area contributed by atoms with Gasteiger partial charge in [-0.25, -0.2) is 4.90 Å². The number of anilines is 1. The first-order chi connectivity index (χ1) is 13.5. The Morgan fingerprint density at radius 2 is 1.96 bits per heavy atom. The van der Waals surface area contributed by atoms with Gasteiger partial charge in [-0.2, -0.15) is 0 Å². The van der Waals surface area contributed by atoms with E-state index >= 15 is 0 Å². The predicted octanol–water partition coefficient (Wildman–Crippen LogP) is 2.38. The molecule has 0 saturated carbocycles. The van der Waals surface area contributed by atoms with Gasteiger partial charge in [-0.05, 0) is 19.4 Å². The third kappa shape index (κ3) is 2.28. The SMILES string of the molecule is CCOC(=O)C1C2=C(CCCC2=O)OC12C(=O)N(C(=O)CC)c1ccccc12. The molecular formula is C21H21NO6. The molecule has 4 rings (SSSR count). The highest BCUT2D eigenvalue weighted by molar-refractivity contribution is 6.24. The second kappa shape index (κ2) is 6.58. The van der Waals surface area contributed by atoms with Crippen molar-refractivity contribution < 1.29 is 28.7 Å². The summed E-state index contributed by atoms with van der Waals surface area (Å²) in [6, 6.07) is 6.76. The molecule has 0 bridgehead atoms. The number of ketones is 1. The average Bonchev–Trinajstić information content (AvgIpc) is 3.17. The number of hydrogen-bond donors (Lipinski definition) is 0. The van der Waals surface area contributed by atoms with Crippen LogP contribution in [-0.2, 0) is 34.3 Å². The van der Waals surface area contributed by atoms with Crippen molar-refractivity contribution >= 4 is 29.3 Å². The van der Waals surface area contributed by atoms with Crippen LogP contribution in [0.4, 0.5) is 5.69 Å². The number of para-hydroxylation sites is 1. The molecule has 0 radical (unpaired) electrons. The van der Waals surface area contributed by atoms with E-state index in [9.17, 15) is 19.2 Å². The molecule has 0 aromatic heterocycles. The van der Waals surface area contributed by atoms with Gasteiger partial charge in [-0.1, -0.05) is 25.1 Å². The van der Waals surface area contributed by atoms with E-state index in [1.54, 1.807) is 38.1 Å². The number of fused-ring (bicyclic) bond motifs is 2. The maximum atomic E-state index is 13.6. The summed E-state index contributed by atoms with van der Waals surface area (Å²) in [5.41, 5.74) is -0.736. The Bertz CT molecular complexity index is 933. The normalized spacial score (nSPS) is 25.6. The highest BCUT2D eigenvalue weighted by Crippen LogP contribution is 2.56. The fourth-order valence-electron chi connectivity index (χ4n) is 4.38. The van der Waals surface area contributed by atoms with Crippen LogP contribution < -0.4 is 4.90 Å². The van der Waals surface area contributed by atoms with Crippen LogP contribution in [0.2, 0.25) is 0 Å². The van der Waals surface area contributed by atoms with Gasteiger partial charge in [-0.15, -0.1) is 0 Å². The van der Waals surface area contributed by atoms with Crippen LogP contribution >= 0.6 is 0 Å². The molecule has 7 heteroatoms. The van der Waals surface area contributed by atoms with Gasteiger partial charge < -0.3 is 9.47 Å². The van der Waals surface area contributed by atoms with Gasteiger partial charge in [0, 0.05) is 24.8 Å². The molecule has 2 unspecified atom stereocenters. The highest BCUT2D eigenvalue weighted by Gasteiger charge is 2.67. The number of hydrogen-bond acceptors (Lipinski definition) is 6. The topological polar surface area (TPSA) is 90.0 Å². The quantitative estimate of drug-likeness (QED) is 0.745. The van der Waals surface area contributed by atoms with Crippen molar-refractivity contribution in [3.63, 3.8) is 0 Å². The number of Topliss-reactive ketones (excluding diaryl/α,β-unsaturated/α-hetero) is 1. The van der Waals surface area contributed by atoms with Crippen LogP contribution in [0.5, 0.6) is 0 Å². The first-order valence-corrected chi connectivity index (χ1v) is 9.56. The number of ether oxygens (including phenoxy) is 2. The third-order valence-electron chi connectivity index (χ3n) is 5.53. The monoisotopic (exact) mass is 383 g/mol. The Balaban J connectivity index is 1.94.